The fraction of sp³-hybridized carbons (Fsp3) is 1.00. The zero-order chi connectivity index (χ0) is 17.7. The van der Waals surface area contributed by atoms with Crippen LogP contribution >= 0.6 is 0 Å². The summed E-state index contributed by atoms with van der Waals surface area (Å²) in [5, 5.41) is 0. The summed E-state index contributed by atoms with van der Waals surface area (Å²) in [5.74, 6) is 5.52. The molecular formula is C20H34O3S2. The molecule has 25 heavy (non-hydrogen) atoms. The molecule has 3 nitrogen and oxygen atoms in total. The van der Waals surface area contributed by atoms with E-state index in [4.69, 9.17) is 4.18 Å². The fourth-order valence-corrected chi connectivity index (χ4v) is 8.22. The van der Waals surface area contributed by atoms with Gasteiger partial charge in [-0.05, 0) is 92.3 Å². The Kier molecular flexibility index (Phi) is 5.24. The molecule has 144 valence electrons. The Morgan fingerprint density at radius 3 is 2.64 bits per heavy atom. The highest BCUT2D eigenvalue weighted by atomic mass is 32.9. The Bertz CT molecular complexity index is 590. The quantitative estimate of drug-likeness (QED) is 0.722. The lowest BCUT2D eigenvalue weighted by molar-refractivity contribution is -0.0637. The van der Waals surface area contributed by atoms with Crippen molar-refractivity contribution >= 4 is 20.2 Å². The third kappa shape index (κ3) is 3.55. The zero-order valence-corrected chi connectivity index (χ0v) is 17.2. The van der Waals surface area contributed by atoms with Crippen LogP contribution in [-0.2, 0) is 24.4 Å². The van der Waals surface area contributed by atoms with Gasteiger partial charge in [0.2, 0.25) is 0 Å². The van der Waals surface area contributed by atoms with Crippen molar-refractivity contribution in [1.82, 2.24) is 0 Å². The highest BCUT2D eigenvalue weighted by molar-refractivity contribution is 8.27. The molecule has 4 saturated carbocycles. The van der Waals surface area contributed by atoms with Gasteiger partial charge in [-0.3, -0.25) is 8.74 Å². The van der Waals surface area contributed by atoms with Crippen LogP contribution in [0.25, 0.3) is 0 Å². The van der Waals surface area contributed by atoms with Gasteiger partial charge < -0.3 is 0 Å². The Labute approximate surface area is 158 Å². The standard InChI is InChI=1S/C20H34O3S2/c1-20-12-10-17-16-5-3-2-4-14(16)6-8-18(17)19(20)9-7-15(20)11-13-23-25(21,22)24/h14-19H,2-13H2,1H3,(H,21,22,24)/t14?,15-,16+,17-,18-,19+,20-/m1/s1. The Hall–Kier alpha value is 0.290. The van der Waals surface area contributed by atoms with Crippen LogP contribution in [0, 0.1) is 40.9 Å². The highest BCUT2D eigenvalue weighted by Crippen LogP contribution is 2.64. The van der Waals surface area contributed by atoms with Gasteiger partial charge in [-0.2, -0.15) is 4.21 Å². The lowest BCUT2D eigenvalue weighted by atomic mass is 9.49. The molecule has 0 aromatic carbocycles. The molecule has 4 fully saturated rings. The molecule has 0 aromatic rings. The van der Waals surface area contributed by atoms with Gasteiger partial charge in [0.15, 0.2) is 0 Å². The van der Waals surface area contributed by atoms with Crippen LogP contribution < -0.4 is 0 Å². The molecule has 4 aliphatic carbocycles. The highest BCUT2D eigenvalue weighted by Gasteiger charge is 2.56. The zero-order valence-electron chi connectivity index (χ0n) is 15.5. The lowest BCUT2D eigenvalue weighted by Crippen LogP contribution is -2.48. The van der Waals surface area contributed by atoms with Crippen LogP contribution in [0.4, 0.5) is 0 Å². The number of hydrogen-bond donors (Lipinski definition) is 1. The summed E-state index contributed by atoms with van der Waals surface area (Å²) in [7, 11) is -3.46. The molecule has 0 spiro atoms. The van der Waals surface area contributed by atoms with Crippen LogP contribution in [0.15, 0.2) is 0 Å². The van der Waals surface area contributed by atoms with Crippen LogP contribution in [0.1, 0.15) is 77.6 Å². The fourth-order valence-electron chi connectivity index (χ4n) is 7.71. The van der Waals surface area contributed by atoms with E-state index >= 15 is 0 Å². The van der Waals surface area contributed by atoms with Crippen molar-refractivity contribution in [1.29, 1.82) is 0 Å². The first-order valence-corrected chi connectivity index (χ1v) is 12.9. The average molecular weight is 387 g/mol. The van der Waals surface area contributed by atoms with Crippen molar-refractivity contribution in [2.75, 3.05) is 6.61 Å². The molecule has 0 aromatic heterocycles. The summed E-state index contributed by atoms with van der Waals surface area (Å²) in [5.41, 5.74) is 0.420. The minimum atomic E-state index is -3.46. The Balaban J connectivity index is 1.43. The number of rotatable bonds is 4. The first-order chi connectivity index (χ1) is 11.9. The van der Waals surface area contributed by atoms with Crippen molar-refractivity contribution in [3.8, 4) is 0 Å². The van der Waals surface area contributed by atoms with E-state index in [1.54, 1.807) is 0 Å². The van der Waals surface area contributed by atoms with E-state index in [9.17, 15) is 8.76 Å². The van der Waals surface area contributed by atoms with Gasteiger partial charge in [-0.15, -0.1) is 0 Å². The summed E-state index contributed by atoms with van der Waals surface area (Å²) in [6, 6.07) is 0. The molecule has 0 aliphatic heterocycles. The van der Waals surface area contributed by atoms with Gasteiger partial charge in [0.05, 0.1) is 6.61 Å². The SMILES string of the molecule is C[C@]12CC[C@H]3[C@@H](CCC4CCCC[C@@H]43)[C@@H]1CC[C@@H]2CCOS(=O)(O)=S. The minimum Gasteiger partial charge on any atom is -0.285 e. The first-order valence-electron chi connectivity index (χ1n) is 10.5. The van der Waals surface area contributed by atoms with Gasteiger partial charge in [-0.25, -0.2) is 0 Å². The van der Waals surface area contributed by atoms with E-state index in [1.807, 2.05) is 0 Å². The first kappa shape index (κ1) is 18.6. The van der Waals surface area contributed by atoms with Crippen molar-refractivity contribution < 1.29 is 12.9 Å². The molecular weight excluding hydrogens is 352 g/mol. The Morgan fingerprint density at radius 2 is 1.84 bits per heavy atom. The van der Waals surface area contributed by atoms with Gasteiger partial charge in [0, 0.05) is 11.2 Å². The molecule has 0 amide bonds. The van der Waals surface area contributed by atoms with Crippen LogP contribution in [0.3, 0.4) is 0 Å². The maximum absolute atomic E-state index is 11.2. The molecule has 0 heterocycles. The predicted octanol–water partition coefficient (Wildman–Crippen LogP) is 5.19. The molecule has 4 rings (SSSR count). The Morgan fingerprint density at radius 1 is 1.04 bits per heavy atom. The van der Waals surface area contributed by atoms with Gasteiger partial charge >= 0.3 is 0 Å². The maximum Gasteiger partial charge on any atom is 0.266 e. The van der Waals surface area contributed by atoms with Gasteiger partial charge in [0.1, 0.15) is 0 Å². The van der Waals surface area contributed by atoms with Gasteiger partial charge in [-0.1, -0.05) is 26.2 Å². The molecule has 4 aliphatic rings. The average Bonchev–Trinajstić information content (AvgIpc) is 2.90. The molecule has 0 bridgehead atoms. The van der Waals surface area contributed by atoms with Crippen molar-refractivity contribution in [2.45, 2.75) is 77.6 Å². The summed E-state index contributed by atoms with van der Waals surface area (Å²) >= 11 is 4.46. The van der Waals surface area contributed by atoms with E-state index in [1.165, 1.54) is 64.2 Å². The normalized spacial score (nSPS) is 48.9. The maximum atomic E-state index is 11.2. The molecule has 1 N–H and O–H groups in total. The summed E-state index contributed by atoms with van der Waals surface area (Å²) < 4.78 is 25.4. The monoisotopic (exact) mass is 386 g/mol. The van der Waals surface area contributed by atoms with Crippen molar-refractivity contribution in [2.24, 2.45) is 40.9 Å². The number of fused-ring (bicyclic) bond motifs is 5. The third-order valence-electron chi connectivity index (χ3n) is 8.78. The summed E-state index contributed by atoms with van der Waals surface area (Å²) in [6.45, 7) is 2.85. The molecule has 0 radical (unpaired) electrons. The predicted molar refractivity (Wildman–Crippen MR) is 104 cm³/mol. The van der Waals surface area contributed by atoms with Gasteiger partial charge in [0.25, 0.3) is 9.05 Å². The second kappa shape index (κ2) is 7.03. The lowest BCUT2D eigenvalue weighted by Gasteiger charge is -2.56. The third-order valence-corrected chi connectivity index (χ3v) is 9.53. The molecule has 8 atom stereocenters. The minimum absolute atomic E-state index is 0.338. The van der Waals surface area contributed by atoms with E-state index < -0.39 is 9.05 Å². The van der Waals surface area contributed by atoms with E-state index in [0.29, 0.717) is 17.9 Å². The van der Waals surface area contributed by atoms with E-state index in [0.717, 1.165) is 36.0 Å². The molecule has 5 heteroatoms. The van der Waals surface area contributed by atoms with Crippen molar-refractivity contribution in [3.05, 3.63) is 0 Å². The molecule has 2 unspecified atom stereocenters. The van der Waals surface area contributed by atoms with Crippen LogP contribution in [0.5, 0.6) is 0 Å². The van der Waals surface area contributed by atoms with Crippen molar-refractivity contribution in [3.63, 3.8) is 0 Å². The summed E-state index contributed by atoms with van der Waals surface area (Å²) in [4.78, 5) is 0. The summed E-state index contributed by atoms with van der Waals surface area (Å²) in [6.07, 6.45) is 15.2. The molecule has 0 saturated heterocycles. The second-order valence-corrected chi connectivity index (χ2v) is 11.9. The number of hydrogen-bond acceptors (Lipinski definition) is 3. The van der Waals surface area contributed by atoms with E-state index in [-0.39, 0.29) is 0 Å². The second-order valence-electron chi connectivity index (χ2n) is 9.58. The topological polar surface area (TPSA) is 46.5 Å². The van der Waals surface area contributed by atoms with Crippen LogP contribution in [0.2, 0.25) is 0 Å². The smallest absolute Gasteiger partial charge is 0.266 e. The van der Waals surface area contributed by atoms with Crippen LogP contribution in [-0.4, -0.2) is 15.4 Å². The largest absolute Gasteiger partial charge is 0.285 e. The van der Waals surface area contributed by atoms with E-state index in [2.05, 4.69) is 18.1 Å².